The molecule has 2 aromatic carbocycles. The lowest BCUT2D eigenvalue weighted by molar-refractivity contribution is 0.102. The van der Waals surface area contributed by atoms with E-state index in [0.29, 0.717) is 33.5 Å². The van der Waals surface area contributed by atoms with E-state index < -0.39 is 5.91 Å². The summed E-state index contributed by atoms with van der Waals surface area (Å²) in [7, 11) is 1.50. The maximum Gasteiger partial charge on any atom is 0.276 e. The van der Waals surface area contributed by atoms with Gasteiger partial charge in [0.1, 0.15) is 11.8 Å². The largest absolute Gasteiger partial charge is 0.495 e. The lowest BCUT2D eigenvalue weighted by Gasteiger charge is -2.12. The van der Waals surface area contributed by atoms with Gasteiger partial charge in [-0.2, -0.15) is 5.26 Å². The van der Waals surface area contributed by atoms with Crippen LogP contribution in [0.2, 0.25) is 5.02 Å². The first kappa shape index (κ1) is 19.1. The standard InChI is InChI=1S/C20H16ClN5O2/c1-12-9-17(18(28-2)10-14(12)21)24-20(27)16-7-8-19(26-25-16)23-15-6-4-3-5-13(15)11-22/h3-10H,1-2H3,(H,23,26)(H,24,27). The molecule has 2 N–H and O–H groups in total. The number of benzene rings is 2. The molecule has 1 aromatic heterocycles. The summed E-state index contributed by atoms with van der Waals surface area (Å²) in [6.07, 6.45) is 0. The molecule has 3 aromatic rings. The zero-order valence-electron chi connectivity index (χ0n) is 15.2. The van der Waals surface area contributed by atoms with Crippen LogP contribution in [-0.4, -0.2) is 23.2 Å². The summed E-state index contributed by atoms with van der Waals surface area (Å²) in [6, 6.07) is 15.6. The van der Waals surface area contributed by atoms with Crippen LogP contribution in [0, 0.1) is 18.3 Å². The summed E-state index contributed by atoms with van der Waals surface area (Å²) >= 11 is 6.08. The van der Waals surface area contributed by atoms with E-state index in [4.69, 9.17) is 21.6 Å². The predicted molar refractivity (Wildman–Crippen MR) is 107 cm³/mol. The molecule has 140 valence electrons. The van der Waals surface area contributed by atoms with E-state index in [9.17, 15) is 4.79 Å². The monoisotopic (exact) mass is 393 g/mol. The summed E-state index contributed by atoms with van der Waals surface area (Å²) in [6.45, 7) is 1.83. The highest BCUT2D eigenvalue weighted by Gasteiger charge is 2.14. The minimum Gasteiger partial charge on any atom is -0.495 e. The van der Waals surface area contributed by atoms with E-state index >= 15 is 0 Å². The normalized spacial score (nSPS) is 10.1. The number of anilines is 3. The number of para-hydroxylation sites is 1. The van der Waals surface area contributed by atoms with Crippen LogP contribution in [0.4, 0.5) is 17.2 Å². The number of nitrogens with one attached hydrogen (secondary N) is 2. The number of carbonyl (C=O) groups excluding carboxylic acids is 1. The first-order chi connectivity index (χ1) is 13.5. The Morgan fingerprint density at radius 2 is 1.93 bits per heavy atom. The van der Waals surface area contributed by atoms with Gasteiger partial charge in [0.05, 0.1) is 24.0 Å². The van der Waals surface area contributed by atoms with E-state index in [2.05, 4.69) is 26.9 Å². The van der Waals surface area contributed by atoms with Crippen molar-refractivity contribution in [1.29, 1.82) is 5.26 Å². The maximum atomic E-state index is 12.5. The predicted octanol–water partition coefficient (Wildman–Crippen LogP) is 4.31. The van der Waals surface area contributed by atoms with Crippen LogP contribution in [-0.2, 0) is 0 Å². The van der Waals surface area contributed by atoms with Gasteiger partial charge in [0.25, 0.3) is 5.91 Å². The van der Waals surface area contributed by atoms with Crippen LogP contribution in [0.15, 0.2) is 48.5 Å². The molecule has 0 atom stereocenters. The molecule has 0 radical (unpaired) electrons. The van der Waals surface area contributed by atoms with Crippen LogP contribution in [0.1, 0.15) is 21.6 Å². The number of methoxy groups -OCH3 is 1. The summed E-state index contributed by atoms with van der Waals surface area (Å²) in [5, 5.41) is 23.4. The molecule has 8 heteroatoms. The zero-order chi connectivity index (χ0) is 20.1. The number of halogens is 1. The number of nitriles is 1. The van der Waals surface area contributed by atoms with Crippen molar-refractivity contribution >= 4 is 34.7 Å². The Kier molecular flexibility index (Phi) is 5.72. The Morgan fingerprint density at radius 3 is 2.61 bits per heavy atom. The molecule has 1 amide bonds. The number of amides is 1. The molecule has 0 saturated heterocycles. The van der Waals surface area contributed by atoms with Gasteiger partial charge in [-0.3, -0.25) is 4.79 Å². The van der Waals surface area contributed by atoms with E-state index in [1.165, 1.54) is 13.2 Å². The molecule has 0 saturated carbocycles. The maximum absolute atomic E-state index is 12.5. The van der Waals surface area contributed by atoms with Gasteiger partial charge in [-0.25, -0.2) is 0 Å². The molecule has 3 rings (SSSR count). The number of ether oxygens (including phenoxy) is 1. The topological polar surface area (TPSA) is 99.9 Å². The fraction of sp³-hybridized carbons (Fsp3) is 0.100. The lowest BCUT2D eigenvalue weighted by atomic mass is 10.2. The Balaban J connectivity index is 1.76. The van der Waals surface area contributed by atoms with Crippen molar-refractivity contribution < 1.29 is 9.53 Å². The molecule has 0 fully saturated rings. The third-order valence-electron chi connectivity index (χ3n) is 3.94. The number of carbonyl (C=O) groups is 1. The number of aromatic nitrogens is 2. The van der Waals surface area contributed by atoms with Crippen molar-refractivity contribution in [3.63, 3.8) is 0 Å². The minimum atomic E-state index is -0.434. The van der Waals surface area contributed by atoms with Crippen molar-refractivity contribution in [2.24, 2.45) is 0 Å². The summed E-state index contributed by atoms with van der Waals surface area (Å²) in [5.74, 6) is 0.430. The molecular weight excluding hydrogens is 378 g/mol. The SMILES string of the molecule is COc1cc(Cl)c(C)cc1NC(=O)c1ccc(Nc2ccccc2C#N)nn1. The molecular formula is C20H16ClN5O2. The molecule has 0 aliphatic carbocycles. The summed E-state index contributed by atoms with van der Waals surface area (Å²) in [5.41, 5.74) is 2.52. The van der Waals surface area contributed by atoms with Crippen molar-refractivity contribution in [2.75, 3.05) is 17.7 Å². The van der Waals surface area contributed by atoms with Gasteiger partial charge in [-0.15, -0.1) is 10.2 Å². The fourth-order valence-corrected chi connectivity index (χ4v) is 2.62. The number of hydrogen-bond acceptors (Lipinski definition) is 6. The molecule has 1 heterocycles. The van der Waals surface area contributed by atoms with Gasteiger partial charge < -0.3 is 15.4 Å². The average molecular weight is 394 g/mol. The summed E-state index contributed by atoms with van der Waals surface area (Å²) < 4.78 is 5.25. The van der Waals surface area contributed by atoms with Crippen LogP contribution >= 0.6 is 11.6 Å². The average Bonchev–Trinajstić information content (AvgIpc) is 2.71. The van der Waals surface area contributed by atoms with Gasteiger partial charge in [0.2, 0.25) is 0 Å². The van der Waals surface area contributed by atoms with Gasteiger partial charge in [0, 0.05) is 11.1 Å². The van der Waals surface area contributed by atoms with E-state index in [-0.39, 0.29) is 5.69 Å². The summed E-state index contributed by atoms with van der Waals surface area (Å²) in [4.78, 5) is 12.5. The molecule has 7 nitrogen and oxygen atoms in total. The van der Waals surface area contributed by atoms with Crippen molar-refractivity contribution in [2.45, 2.75) is 6.92 Å². The lowest BCUT2D eigenvalue weighted by Crippen LogP contribution is -2.15. The second kappa shape index (κ2) is 8.37. The molecule has 0 unspecified atom stereocenters. The second-order valence-electron chi connectivity index (χ2n) is 5.84. The quantitative estimate of drug-likeness (QED) is 0.669. The van der Waals surface area contributed by atoms with Crippen LogP contribution < -0.4 is 15.4 Å². The Hall–Kier alpha value is -3.63. The van der Waals surface area contributed by atoms with Crippen LogP contribution in [0.25, 0.3) is 0 Å². The van der Waals surface area contributed by atoms with Crippen LogP contribution in [0.5, 0.6) is 5.75 Å². The molecule has 0 aliphatic rings. The van der Waals surface area contributed by atoms with Gasteiger partial charge in [-0.05, 0) is 42.8 Å². The third kappa shape index (κ3) is 4.19. The third-order valence-corrected chi connectivity index (χ3v) is 4.34. The van der Waals surface area contributed by atoms with Crippen molar-refractivity contribution in [3.05, 3.63) is 70.4 Å². The van der Waals surface area contributed by atoms with E-state index in [1.807, 2.05) is 6.92 Å². The molecule has 0 spiro atoms. The second-order valence-corrected chi connectivity index (χ2v) is 6.25. The van der Waals surface area contributed by atoms with E-state index in [0.717, 1.165) is 5.56 Å². The van der Waals surface area contributed by atoms with Crippen molar-refractivity contribution in [3.8, 4) is 11.8 Å². The van der Waals surface area contributed by atoms with Gasteiger partial charge in [0.15, 0.2) is 11.5 Å². The molecule has 0 bridgehead atoms. The fourth-order valence-electron chi connectivity index (χ4n) is 2.46. The van der Waals surface area contributed by atoms with Crippen molar-refractivity contribution in [1.82, 2.24) is 10.2 Å². The number of nitrogens with zero attached hydrogens (tertiary/aromatic N) is 3. The highest BCUT2D eigenvalue weighted by atomic mass is 35.5. The highest BCUT2D eigenvalue weighted by Crippen LogP contribution is 2.31. The Morgan fingerprint density at radius 1 is 1.14 bits per heavy atom. The van der Waals surface area contributed by atoms with Gasteiger partial charge in [-0.1, -0.05) is 23.7 Å². The highest BCUT2D eigenvalue weighted by molar-refractivity contribution is 6.31. The minimum absolute atomic E-state index is 0.133. The number of rotatable bonds is 5. The number of aryl methyl sites for hydroxylation is 1. The first-order valence-corrected chi connectivity index (χ1v) is 8.65. The first-order valence-electron chi connectivity index (χ1n) is 8.27. The number of hydrogen-bond donors (Lipinski definition) is 2. The van der Waals surface area contributed by atoms with Crippen LogP contribution in [0.3, 0.4) is 0 Å². The van der Waals surface area contributed by atoms with E-state index in [1.54, 1.807) is 42.5 Å². The zero-order valence-corrected chi connectivity index (χ0v) is 15.9. The smallest absolute Gasteiger partial charge is 0.276 e. The Bertz CT molecular complexity index is 1060. The molecule has 0 aliphatic heterocycles. The van der Waals surface area contributed by atoms with Gasteiger partial charge >= 0.3 is 0 Å². The molecule has 28 heavy (non-hydrogen) atoms. The Labute approximate surface area is 166 Å².